The fraction of sp³-hybridized carbons (Fsp3) is 0.556. The number of amides is 1. The molecular weight excluding hydrogens is 326 g/mol. The number of aliphatic hydroxyl groups excluding tert-OH is 1. The standard InChI is InChI=1S/C18H25NO6/c1-18(2,3)25-17(23)19-8-7-12(20)10-14(19)13-6-5-11(9-15(13)21)16(22)24-4/h5-6,9,12,14,20-21H,7-8,10H2,1-4H3/t12-,14-/m0/s1. The van der Waals surface area contributed by atoms with Crippen LogP contribution in [0.5, 0.6) is 5.75 Å². The number of carbonyl (C=O) groups is 2. The maximum atomic E-state index is 12.5. The molecule has 1 amide bonds. The minimum Gasteiger partial charge on any atom is -0.508 e. The molecule has 2 atom stereocenters. The second-order valence-corrected chi connectivity index (χ2v) is 7.13. The lowest BCUT2D eigenvalue weighted by atomic mass is 9.92. The van der Waals surface area contributed by atoms with Crippen LogP contribution in [0.2, 0.25) is 0 Å². The molecule has 1 aromatic carbocycles. The Morgan fingerprint density at radius 2 is 1.96 bits per heavy atom. The van der Waals surface area contributed by atoms with E-state index >= 15 is 0 Å². The SMILES string of the molecule is COC(=O)c1ccc([C@@H]2C[C@@H](O)CCN2C(=O)OC(C)(C)C)c(O)c1. The largest absolute Gasteiger partial charge is 0.508 e. The quantitative estimate of drug-likeness (QED) is 0.795. The number of carbonyl (C=O) groups excluding carboxylic acids is 2. The summed E-state index contributed by atoms with van der Waals surface area (Å²) in [7, 11) is 1.26. The first kappa shape index (κ1) is 19.1. The molecule has 1 aromatic rings. The lowest BCUT2D eigenvalue weighted by Crippen LogP contribution is -2.45. The van der Waals surface area contributed by atoms with Gasteiger partial charge in [-0.1, -0.05) is 6.07 Å². The van der Waals surface area contributed by atoms with E-state index in [0.717, 1.165) is 0 Å². The first-order valence-corrected chi connectivity index (χ1v) is 8.21. The van der Waals surface area contributed by atoms with E-state index < -0.39 is 29.8 Å². The fourth-order valence-electron chi connectivity index (χ4n) is 2.85. The summed E-state index contributed by atoms with van der Waals surface area (Å²) in [5.74, 6) is -0.690. The second kappa shape index (κ2) is 7.31. The lowest BCUT2D eigenvalue weighted by molar-refractivity contribution is -0.00875. The molecule has 1 heterocycles. The van der Waals surface area contributed by atoms with Gasteiger partial charge in [-0.05, 0) is 45.7 Å². The number of rotatable bonds is 2. The van der Waals surface area contributed by atoms with E-state index in [0.29, 0.717) is 18.5 Å². The summed E-state index contributed by atoms with van der Waals surface area (Å²) in [5.41, 5.74) is 0.0234. The summed E-state index contributed by atoms with van der Waals surface area (Å²) in [4.78, 5) is 25.6. The molecule has 0 aromatic heterocycles. The molecule has 138 valence electrons. The van der Waals surface area contributed by atoms with E-state index in [1.54, 1.807) is 26.8 Å². The summed E-state index contributed by atoms with van der Waals surface area (Å²) >= 11 is 0. The molecule has 1 saturated heterocycles. The average Bonchev–Trinajstić information content (AvgIpc) is 2.52. The van der Waals surface area contributed by atoms with Gasteiger partial charge >= 0.3 is 12.1 Å². The molecule has 0 radical (unpaired) electrons. The minimum atomic E-state index is -0.644. The van der Waals surface area contributed by atoms with Crippen molar-refractivity contribution in [1.82, 2.24) is 4.90 Å². The number of aromatic hydroxyl groups is 1. The zero-order valence-corrected chi connectivity index (χ0v) is 15.0. The van der Waals surface area contributed by atoms with Crippen molar-refractivity contribution in [2.75, 3.05) is 13.7 Å². The Balaban J connectivity index is 2.32. The highest BCUT2D eigenvalue weighted by atomic mass is 16.6. The first-order chi connectivity index (χ1) is 11.6. The zero-order valence-electron chi connectivity index (χ0n) is 15.0. The number of ether oxygens (including phenoxy) is 2. The van der Waals surface area contributed by atoms with Crippen molar-refractivity contribution >= 4 is 12.1 Å². The van der Waals surface area contributed by atoms with E-state index in [4.69, 9.17) is 4.74 Å². The molecule has 25 heavy (non-hydrogen) atoms. The van der Waals surface area contributed by atoms with Crippen LogP contribution in [0.15, 0.2) is 18.2 Å². The number of nitrogens with zero attached hydrogens (tertiary/aromatic N) is 1. The molecule has 2 N–H and O–H groups in total. The summed E-state index contributed by atoms with van der Waals surface area (Å²) < 4.78 is 10.1. The van der Waals surface area contributed by atoms with E-state index in [9.17, 15) is 19.8 Å². The van der Waals surface area contributed by atoms with Crippen LogP contribution in [-0.2, 0) is 9.47 Å². The van der Waals surface area contributed by atoms with Crippen molar-refractivity contribution in [3.63, 3.8) is 0 Å². The number of phenols is 1. The number of hydrogen-bond acceptors (Lipinski definition) is 6. The predicted molar refractivity (Wildman–Crippen MR) is 90.4 cm³/mol. The molecule has 0 saturated carbocycles. The van der Waals surface area contributed by atoms with E-state index in [-0.39, 0.29) is 17.7 Å². The Hall–Kier alpha value is -2.28. The van der Waals surface area contributed by atoms with Crippen molar-refractivity contribution in [1.29, 1.82) is 0 Å². The van der Waals surface area contributed by atoms with E-state index in [1.807, 2.05) is 0 Å². The van der Waals surface area contributed by atoms with Crippen molar-refractivity contribution in [3.05, 3.63) is 29.3 Å². The first-order valence-electron chi connectivity index (χ1n) is 8.21. The molecule has 0 unspecified atom stereocenters. The molecule has 7 nitrogen and oxygen atoms in total. The topological polar surface area (TPSA) is 96.3 Å². The number of likely N-dealkylation sites (tertiary alicyclic amines) is 1. The van der Waals surface area contributed by atoms with Gasteiger partial charge in [-0.15, -0.1) is 0 Å². The zero-order chi connectivity index (χ0) is 18.8. The molecule has 0 bridgehead atoms. The second-order valence-electron chi connectivity index (χ2n) is 7.13. The summed E-state index contributed by atoms with van der Waals surface area (Å²) in [6, 6.07) is 3.86. The highest BCUT2D eigenvalue weighted by Gasteiger charge is 2.35. The van der Waals surface area contributed by atoms with Crippen LogP contribution < -0.4 is 0 Å². The Morgan fingerprint density at radius 1 is 1.28 bits per heavy atom. The molecule has 1 aliphatic rings. The van der Waals surface area contributed by atoms with Crippen molar-refractivity contribution in [2.24, 2.45) is 0 Å². The minimum absolute atomic E-state index is 0.129. The number of benzene rings is 1. The molecule has 0 spiro atoms. The third-order valence-electron chi connectivity index (χ3n) is 4.01. The van der Waals surface area contributed by atoms with Gasteiger partial charge in [0.15, 0.2) is 0 Å². The lowest BCUT2D eigenvalue weighted by Gasteiger charge is -2.39. The van der Waals surface area contributed by atoms with Crippen LogP contribution >= 0.6 is 0 Å². The predicted octanol–water partition coefficient (Wildman–Crippen LogP) is 2.61. The van der Waals surface area contributed by atoms with Crippen LogP contribution in [-0.4, -0.2) is 52.5 Å². The number of esters is 1. The summed E-state index contributed by atoms with van der Waals surface area (Å²) in [5, 5.41) is 20.3. The molecular formula is C18H25NO6. The maximum Gasteiger partial charge on any atom is 0.410 e. The molecule has 0 aliphatic carbocycles. The summed E-state index contributed by atoms with van der Waals surface area (Å²) in [6.07, 6.45) is -0.356. The van der Waals surface area contributed by atoms with Gasteiger partial charge in [-0.25, -0.2) is 9.59 Å². The van der Waals surface area contributed by atoms with Crippen LogP contribution in [0.25, 0.3) is 0 Å². The van der Waals surface area contributed by atoms with Gasteiger partial charge in [0.25, 0.3) is 0 Å². The van der Waals surface area contributed by atoms with Crippen molar-refractivity contribution in [3.8, 4) is 5.75 Å². The monoisotopic (exact) mass is 351 g/mol. The van der Waals surface area contributed by atoms with E-state index in [2.05, 4.69) is 4.74 Å². The molecule has 1 fully saturated rings. The Bertz CT molecular complexity index is 651. The number of hydrogen-bond donors (Lipinski definition) is 2. The van der Waals surface area contributed by atoms with E-state index in [1.165, 1.54) is 24.1 Å². The molecule has 1 aliphatic heterocycles. The average molecular weight is 351 g/mol. The van der Waals surface area contributed by atoms with Crippen LogP contribution in [0.3, 0.4) is 0 Å². The van der Waals surface area contributed by atoms with Crippen LogP contribution in [0.4, 0.5) is 4.79 Å². The van der Waals surface area contributed by atoms with Gasteiger partial charge in [0.1, 0.15) is 11.4 Å². The van der Waals surface area contributed by atoms with Gasteiger partial charge in [0.2, 0.25) is 0 Å². The third-order valence-corrected chi connectivity index (χ3v) is 4.01. The molecule has 7 heteroatoms. The molecule has 2 rings (SSSR count). The Kier molecular flexibility index (Phi) is 5.57. The number of piperidine rings is 1. The summed E-state index contributed by atoms with van der Waals surface area (Å²) in [6.45, 7) is 5.66. The number of aliphatic hydroxyl groups is 1. The van der Waals surface area contributed by atoms with Gasteiger partial charge in [-0.2, -0.15) is 0 Å². The Labute approximate surface area is 147 Å². The van der Waals surface area contributed by atoms with Crippen LogP contribution in [0, 0.1) is 0 Å². The maximum absolute atomic E-state index is 12.5. The van der Waals surface area contributed by atoms with Gasteiger partial charge in [-0.3, -0.25) is 0 Å². The van der Waals surface area contributed by atoms with Crippen LogP contribution in [0.1, 0.15) is 55.6 Å². The Morgan fingerprint density at radius 3 is 2.52 bits per heavy atom. The highest BCUT2D eigenvalue weighted by molar-refractivity contribution is 5.90. The van der Waals surface area contributed by atoms with Gasteiger partial charge in [0.05, 0.1) is 24.8 Å². The third kappa shape index (κ3) is 4.63. The van der Waals surface area contributed by atoms with Crippen molar-refractivity contribution in [2.45, 2.75) is 51.4 Å². The van der Waals surface area contributed by atoms with Gasteiger partial charge in [0, 0.05) is 12.1 Å². The number of phenolic OH excluding ortho intramolecular Hbond substituents is 1. The van der Waals surface area contributed by atoms with Crippen molar-refractivity contribution < 1.29 is 29.3 Å². The van der Waals surface area contributed by atoms with Gasteiger partial charge < -0.3 is 24.6 Å². The highest BCUT2D eigenvalue weighted by Crippen LogP contribution is 2.37. The normalized spacial score (nSPS) is 20.9. The number of methoxy groups -OCH3 is 1. The fourth-order valence-corrected chi connectivity index (χ4v) is 2.85. The smallest absolute Gasteiger partial charge is 0.410 e.